The molecule has 3 rings (SSSR count). The molecular weight excluding hydrogens is 276 g/mol. The molecule has 0 saturated heterocycles. The fourth-order valence-corrected chi connectivity index (χ4v) is 3.04. The third kappa shape index (κ3) is 3.04. The lowest BCUT2D eigenvalue weighted by Gasteiger charge is -2.25. The third-order valence-corrected chi connectivity index (χ3v) is 4.08. The number of hydrogen-bond donors (Lipinski definition) is 1. The minimum Gasteiger partial charge on any atom is -0.310 e. The highest BCUT2D eigenvalue weighted by atomic mass is 16.2. The number of amides is 1. The highest BCUT2D eigenvalue weighted by Gasteiger charge is 2.28. The standard InChI is InChI=1S/C17H22N4O/c1-13(12-20-10-5-9-18-20)19-14(2)17(22)21-11-8-15-6-3-4-7-16(15)21/h3-7,9-10,13-14,19H,8,11-12H2,1-2H3/t13-,14-/m0/s1. The molecule has 0 spiro atoms. The molecule has 0 bridgehead atoms. The van der Waals surface area contributed by atoms with Crippen molar-refractivity contribution in [2.45, 2.75) is 38.9 Å². The van der Waals surface area contributed by atoms with Crippen molar-refractivity contribution in [1.29, 1.82) is 0 Å². The summed E-state index contributed by atoms with van der Waals surface area (Å²) in [6.07, 6.45) is 4.64. The number of fused-ring (bicyclic) bond motifs is 1. The first-order valence-electron chi connectivity index (χ1n) is 7.78. The van der Waals surface area contributed by atoms with E-state index >= 15 is 0 Å². The maximum atomic E-state index is 12.7. The van der Waals surface area contributed by atoms with Gasteiger partial charge in [-0.05, 0) is 38.0 Å². The summed E-state index contributed by atoms with van der Waals surface area (Å²) in [4.78, 5) is 14.6. The van der Waals surface area contributed by atoms with Gasteiger partial charge in [0.05, 0.1) is 12.6 Å². The van der Waals surface area contributed by atoms with Gasteiger partial charge in [0.2, 0.25) is 5.91 Å². The number of nitrogens with one attached hydrogen (secondary N) is 1. The maximum absolute atomic E-state index is 12.7. The summed E-state index contributed by atoms with van der Waals surface area (Å²) in [5.74, 6) is 0.136. The van der Waals surface area contributed by atoms with Crippen LogP contribution in [0.1, 0.15) is 19.4 Å². The Labute approximate surface area is 130 Å². The molecule has 0 fully saturated rings. The van der Waals surface area contributed by atoms with Crippen LogP contribution in [0.5, 0.6) is 0 Å². The Morgan fingerprint density at radius 2 is 2.14 bits per heavy atom. The van der Waals surface area contributed by atoms with Gasteiger partial charge in [-0.2, -0.15) is 5.10 Å². The monoisotopic (exact) mass is 298 g/mol. The van der Waals surface area contributed by atoms with Crippen molar-refractivity contribution in [3.05, 3.63) is 48.3 Å². The van der Waals surface area contributed by atoms with E-state index in [-0.39, 0.29) is 18.0 Å². The van der Waals surface area contributed by atoms with Crippen molar-refractivity contribution in [2.24, 2.45) is 0 Å². The Hall–Kier alpha value is -2.14. The minimum atomic E-state index is -0.211. The van der Waals surface area contributed by atoms with E-state index in [0.29, 0.717) is 0 Å². The Kier molecular flexibility index (Phi) is 4.24. The van der Waals surface area contributed by atoms with Crippen molar-refractivity contribution in [3.63, 3.8) is 0 Å². The van der Waals surface area contributed by atoms with Crippen molar-refractivity contribution < 1.29 is 4.79 Å². The Bertz CT molecular complexity index is 638. The lowest BCUT2D eigenvalue weighted by atomic mass is 10.2. The molecule has 1 aromatic heterocycles. The van der Waals surface area contributed by atoms with Crippen molar-refractivity contribution in [3.8, 4) is 0 Å². The van der Waals surface area contributed by atoms with Gasteiger partial charge in [-0.3, -0.25) is 9.48 Å². The largest absolute Gasteiger partial charge is 0.310 e. The van der Waals surface area contributed by atoms with Crippen molar-refractivity contribution in [1.82, 2.24) is 15.1 Å². The second kappa shape index (κ2) is 6.32. The highest BCUT2D eigenvalue weighted by Crippen LogP contribution is 2.27. The average molecular weight is 298 g/mol. The van der Waals surface area contributed by atoms with E-state index in [1.165, 1.54) is 5.56 Å². The molecule has 2 aromatic rings. The zero-order valence-corrected chi connectivity index (χ0v) is 13.1. The van der Waals surface area contributed by atoms with Gasteiger partial charge < -0.3 is 10.2 Å². The number of rotatable bonds is 5. The van der Waals surface area contributed by atoms with Crippen LogP contribution >= 0.6 is 0 Å². The van der Waals surface area contributed by atoms with Crippen LogP contribution in [0.15, 0.2) is 42.7 Å². The van der Waals surface area contributed by atoms with Crippen LogP contribution in [0.2, 0.25) is 0 Å². The SMILES string of the molecule is C[C@H](N[C@@H](C)Cn1cccn1)C(=O)N1CCc2ccccc21. The van der Waals surface area contributed by atoms with Gasteiger partial charge in [0.25, 0.3) is 0 Å². The normalized spacial score (nSPS) is 16.4. The van der Waals surface area contributed by atoms with E-state index in [1.807, 2.05) is 47.0 Å². The maximum Gasteiger partial charge on any atom is 0.243 e. The Morgan fingerprint density at radius 3 is 2.91 bits per heavy atom. The van der Waals surface area contributed by atoms with E-state index in [1.54, 1.807) is 6.20 Å². The lowest BCUT2D eigenvalue weighted by Crippen LogP contribution is -2.48. The number of para-hydroxylation sites is 1. The fourth-order valence-electron chi connectivity index (χ4n) is 3.04. The molecule has 22 heavy (non-hydrogen) atoms. The van der Waals surface area contributed by atoms with Gasteiger partial charge in [-0.25, -0.2) is 0 Å². The first-order valence-corrected chi connectivity index (χ1v) is 7.78. The first kappa shape index (κ1) is 14.8. The quantitative estimate of drug-likeness (QED) is 0.916. The highest BCUT2D eigenvalue weighted by molar-refractivity contribution is 5.98. The van der Waals surface area contributed by atoms with Crippen LogP contribution in [0.25, 0.3) is 0 Å². The summed E-state index contributed by atoms with van der Waals surface area (Å²) in [6.45, 7) is 5.53. The molecule has 1 aromatic carbocycles. The summed E-state index contributed by atoms with van der Waals surface area (Å²) in [6, 6.07) is 10.0. The van der Waals surface area contributed by atoms with Crippen LogP contribution in [0, 0.1) is 0 Å². The Balaban J connectivity index is 1.60. The molecule has 116 valence electrons. The third-order valence-electron chi connectivity index (χ3n) is 4.08. The number of carbonyl (C=O) groups is 1. The molecule has 2 atom stereocenters. The minimum absolute atomic E-state index is 0.136. The van der Waals surface area contributed by atoms with Gasteiger partial charge in [-0.1, -0.05) is 18.2 Å². The summed E-state index contributed by atoms with van der Waals surface area (Å²) < 4.78 is 1.88. The second-order valence-corrected chi connectivity index (χ2v) is 5.89. The average Bonchev–Trinajstić information content (AvgIpc) is 3.15. The second-order valence-electron chi connectivity index (χ2n) is 5.89. The summed E-state index contributed by atoms with van der Waals surface area (Å²) in [5.41, 5.74) is 2.31. The van der Waals surface area contributed by atoms with Gasteiger partial charge in [0.15, 0.2) is 0 Å². The van der Waals surface area contributed by atoms with E-state index in [0.717, 1.165) is 25.2 Å². The summed E-state index contributed by atoms with van der Waals surface area (Å²) in [5, 5.41) is 7.57. The molecule has 1 aliphatic heterocycles. The first-order chi connectivity index (χ1) is 10.6. The lowest BCUT2D eigenvalue weighted by molar-refractivity contribution is -0.120. The van der Waals surface area contributed by atoms with E-state index in [2.05, 4.69) is 23.4 Å². The van der Waals surface area contributed by atoms with Crippen molar-refractivity contribution >= 4 is 11.6 Å². The topological polar surface area (TPSA) is 50.2 Å². The number of anilines is 1. The molecule has 1 N–H and O–H groups in total. The molecule has 2 heterocycles. The number of aromatic nitrogens is 2. The summed E-state index contributed by atoms with van der Waals surface area (Å²) >= 11 is 0. The van der Waals surface area contributed by atoms with Crippen molar-refractivity contribution in [2.75, 3.05) is 11.4 Å². The van der Waals surface area contributed by atoms with Crippen LogP contribution in [0.3, 0.4) is 0 Å². The number of nitrogens with zero attached hydrogens (tertiary/aromatic N) is 3. The van der Waals surface area contributed by atoms with Gasteiger partial charge in [-0.15, -0.1) is 0 Å². The molecular formula is C17H22N4O. The smallest absolute Gasteiger partial charge is 0.243 e. The molecule has 0 unspecified atom stereocenters. The number of carbonyl (C=O) groups excluding carboxylic acids is 1. The number of benzene rings is 1. The summed E-state index contributed by atoms with van der Waals surface area (Å²) in [7, 11) is 0. The molecule has 0 aliphatic carbocycles. The predicted molar refractivity (Wildman–Crippen MR) is 86.8 cm³/mol. The van der Waals surface area contributed by atoms with E-state index in [4.69, 9.17) is 0 Å². The van der Waals surface area contributed by atoms with Crippen LogP contribution < -0.4 is 10.2 Å². The zero-order chi connectivity index (χ0) is 15.5. The van der Waals surface area contributed by atoms with Gasteiger partial charge >= 0.3 is 0 Å². The van der Waals surface area contributed by atoms with Gasteiger partial charge in [0, 0.05) is 30.7 Å². The predicted octanol–water partition coefficient (Wildman–Crippen LogP) is 1.84. The molecule has 0 radical (unpaired) electrons. The molecule has 1 amide bonds. The van der Waals surface area contributed by atoms with Crippen LogP contribution in [-0.4, -0.2) is 34.3 Å². The molecule has 5 heteroatoms. The van der Waals surface area contributed by atoms with Gasteiger partial charge in [0.1, 0.15) is 0 Å². The van der Waals surface area contributed by atoms with Crippen LogP contribution in [-0.2, 0) is 17.8 Å². The molecule has 5 nitrogen and oxygen atoms in total. The molecule has 1 aliphatic rings. The zero-order valence-electron chi connectivity index (χ0n) is 13.1. The Morgan fingerprint density at radius 1 is 1.32 bits per heavy atom. The van der Waals surface area contributed by atoms with E-state index in [9.17, 15) is 4.79 Å². The number of hydrogen-bond acceptors (Lipinski definition) is 3. The fraction of sp³-hybridized carbons (Fsp3) is 0.412. The molecule has 0 saturated carbocycles. The van der Waals surface area contributed by atoms with Crippen LogP contribution in [0.4, 0.5) is 5.69 Å². The van der Waals surface area contributed by atoms with E-state index < -0.39 is 0 Å².